The van der Waals surface area contributed by atoms with Crippen molar-refractivity contribution in [3.63, 3.8) is 0 Å². The van der Waals surface area contributed by atoms with Crippen LogP contribution >= 0.6 is 0 Å². The molecule has 0 aromatic rings. The number of aliphatic hydroxyl groups excluding tert-OH is 4. The van der Waals surface area contributed by atoms with Crippen molar-refractivity contribution in [3.8, 4) is 0 Å². The summed E-state index contributed by atoms with van der Waals surface area (Å²) < 4.78 is 49.8. The second-order valence-electron chi connectivity index (χ2n) is 18.0. The molecule has 6 N–H and O–H groups in total. The third-order valence-electron chi connectivity index (χ3n) is 15.7. The van der Waals surface area contributed by atoms with Crippen molar-refractivity contribution in [1.82, 2.24) is 0 Å². The van der Waals surface area contributed by atoms with E-state index >= 15 is 0 Å². The number of rotatable bonds is 5. The molecule has 15 atom stereocenters. The maximum Gasteiger partial charge on any atom is 0.397 e. The van der Waals surface area contributed by atoms with Crippen LogP contribution in [0.15, 0.2) is 11.6 Å². The van der Waals surface area contributed by atoms with Crippen LogP contribution in [0.4, 0.5) is 0 Å². The Labute approximate surface area is 290 Å². The molecule has 0 radical (unpaired) electrons. The number of esters is 1. The molecule has 4 saturated carbocycles. The van der Waals surface area contributed by atoms with Gasteiger partial charge in [0.1, 0.15) is 24.4 Å². The highest BCUT2D eigenvalue weighted by atomic mass is 32.3. The van der Waals surface area contributed by atoms with Gasteiger partial charge in [0.25, 0.3) is 0 Å². The van der Waals surface area contributed by atoms with Gasteiger partial charge in [-0.15, -0.1) is 0 Å². The van der Waals surface area contributed by atoms with Gasteiger partial charge >= 0.3 is 16.4 Å². The fourth-order valence-corrected chi connectivity index (χ4v) is 13.2. The van der Waals surface area contributed by atoms with Gasteiger partial charge in [0.15, 0.2) is 0 Å². The first-order valence-corrected chi connectivity index (χ1v) is 19.5. The summed E-state index contributed by atoms with van der Waals surface area (Å²) in [4.78, 5) is 14.5. The van der Waals surface area contributed by atoms with Crippen LogP contribution < -0.4 is 0 Å². The Hall–Kier alpha value is -1.16. The normalized spacial score (nSPS) is 52.5. The average Bonchev–Trinajstić information content (AvgIpc) is 3.00. The standard InChI is InChI=1S/C36H58O12S/c1-19-10-15-36(30(41)47-29-27(40)26(39)25(38)21(18-37)46-29)17-16-33(5)20(28(36)35(19,7)42)8-9-23-32(4)13-12-24(48-49(43,44)45)31(2,3)22(32)11-14-34(23,33)6/h8,19,21-29,37-40,42H,9-18H2,1-7H3,(H,43,44,45)/t19-,21-,22+,23-,24+,25-,26+,27-,28-,29+,32+,33-,34-,35-,36+/m1/s1. The number of hydrogen-bond donors (Lipinski definition) is 6. The molecule has 0 aromatic heterocycles. The predicted octanol–water partition coefficient (Wildman–Crippen LogP) is 3.29. The minimum atomic E-state index is -4.60. The van der Waals surface area contributed by atoms with Gasteiger partial charge < -0.3 is 35.0 Å². The lowest BCUT2D eigenvalue weighted by molar-refractivity contribution is -0.299. The van der Waals surface area contributed by atoms with Crippen molar-refractivity contribution in [2.45, 2.75) is 149 Å². The summed E-state index contributed by atoms with van der Waals surface area (Å²) in [6.07, 6.45) is -0.357. The number of carbonyl (C=O) groups is 1. The molecule has 1 heterocycles. The van der Waals surface area contributed by atoms with Crippen LogP contribution in [0.3, 0.4) is 0 Å². The number of fused-ring (bicyclic) bond motifs is 7. The fourth-order valence-electron chi connectivity index (χ4n) is 12.5. The molecule has 6 rings (SSSR count). The molecule has 49 heavy (non-hydrogen) atoms. The number of carbonyl (C=O) groups excluding carboxylic acids is 1. The first-order valence-electron chi connectivity index (χ1n) is 18.1. The van der Waals surface area contributed by atoms with Gasteiger partial charge in [-0.1, -0.05) is 53.2 Å². The molecule has 12 nitrogen and oxygen atoms in total. The molecule has 0 aromatic carbocycles. The Morgan fingerprint density at radius 1 is 0.918 bits per heavy atom. The van der Waals surface area contributed by atoms with E-state index in [1.54, 1.807) is 0 Å². The van der Waals surface area contributed by atoms with Crippen LogP contribution in [-0.4, -0.2) is 93.5 Å². The second-order valence-corrected chi connectivity index (χ2v) is 19.1. The van der Waals surface area contributed by atoms with E-state index in [1.807, 2.05) is 13.8 Å². The van der Waals surface area contributed by atoms with Crippen LogP contribution in [0.1, 0.15) is 106 Å². The minimum absolute atomic E-state index is 0.119. The summed E-state index contributed by atoms with van der Waals surface area (Å²) >= 11 is 0. The first kappa shape index (κ1) is 37.6. The summed E-state index contributed by atoms with van der Waals surface area (Å²) in [6.45, 7) is 14.3. The van der Waals surface area contributed by atoms with Crippen LogP contribution in [0.2, 0.25) is 0 Å². The number of aliphatic hydroxyl groups is 5. The molecular weight excluding hydrogens is 656 g/mol. The third-order valence-corrected chi connectivity index (χ3v) is 16.2. The van der Waals surface area contributed by atoms with Gasteiger partial charge in [-0.3, -0.25) is 9.35 Å². The molecule has 5 fully saturated rings. The highest BCUT2D eigenvalue weighted by Gasteiger charge is 2.72. The fraction of sp³-hybridized carbons (Fsp3) is 0.917. The quantitative estimate of drug-likeness (QED) is 0.138. The maximum absolute atomic E-state index is 14.5. The number of allylic oxidation sites excluding steroid dienone is 1. The molecule has 280 valence electrons. The molecule has 0 bridgehead atoms. The van der Waals surface area contributed by atoms with Crippen molar-refractivity contribution in [1.29, 1.82) is 0 Å². The smallest absolute Gasteiger partial charge is 0.397 e. The monoisotopic (exact) mass is 714 g/mol. The van der Waals surface area contributed by atoms with Crippen molar-refractivity contribution in [2.24, 2.45) is 50.7 Å². The maximum atomic E-state index is 14.5. The zero-order valence-electron chi connectivity index (χ0n) is 30.0. The molecule has 1 saturated heterocycles. The van der Waals surface area contributed by atoms with Gasteiger partial charge in [0, 0.05) is 5.92 Å². The van der Waals surface area contributed by atoms with E-state index in [0.29, 0.717) is 32.1 Å². The molecule has 1 aliphatic heterocycles. The van der Waals surface area contributed by atoms with E-state index in [-0.39, 0.29) is 34.0 Å². The number of hydrogen-bond acceptors (Lipinski definition) is 11. The lowest BCUT2D eigenvalue weighted by atomic mass is 9.33. The molecule has 6 aliphatic rings. The molecule has 0 spiro atoms. The summed E-state index contributed by atoms with van der Waals surface area (Å²) in [5.41, 5.74) is -2.58. The second kappa shape index (κ2) is 11.9. The van der Waals surface area contributed by atoms with Gasteiger partial charge in [-0.2, -0.15) is 8.42 Å². The SMILES string of the molecule is C[C@@H]1CC[C@]2(C(=O)O[C@@H]3O[C@H](CO)[C@@H](O)[C@H](O)[C@H]3O)CC[C@]3(C)C(=CC[C@@H]4[C@@]5(C)CC[C@H](OS(=O)(=O)O)C(C)(C)[C@@H]5CC[C@]43C)[C@@H]2[C@]1(C)O. The Kier molecular flexibility index (Phi) is 9.15. The summed E-state index contributed by atoms with van der Waals surface area (Å²) in [7, 11) is -4.60. The van der Waals surface area contributed by atoms with Gasteiger partial charge in [0.2, 0.25) is 6.29 Å². The molecule has 0 unspecified atom stereocenters. The van der Waals surface area contributed by atoms with Crippen molar-refractivity contribution >= 4 is 16.4 Å². The van der Waals surface area contributed by atoms with Crippen LogP contribution in [-0.2, 0) is 28.9 Å². The van der Waals surface area contributed by atoms with Crippen molar-refractivity contribution in [3.05, 3.63) is 11.6 Å². The van der Waals surface area contributed by atoms with Gasteiger partial charge in [-0.25, -0.2) is 4.18 Å². The lowest BCUT2D eigenvalue weighted by Gasteiger charge is -2.72. The number of ether oxygens (including phenoxy) is 2. The highest BCUT2D eigenvalue weighted by Crippen LogP contribution is 2.76. The Bertz CT molecular complexity index is 1460. The van der Waals surface area contributed by atoms with Crippen LogP contribution in [0, 0.1) is 50.7 Å². The summed E-state index contributed by atoms with van der Waals surface area (Å²) in [5, 5.41) is 53.5. The highest BCUT2D eigenvalue weighted by molar-refractivity contribution is 7.80. The zero-order valence-corrected chi connectivity index (χ0v) is 30.8. The van der Waals surface area contributed by atoms with Crippen LogP contribution in [0.5, 0.6) is 0 Å². The van der Waals surface area contributed by atoms with Gasteiger partial charge in [0.05, 0.1) is 23.7 Å². The van der Waals surface area contributed by atoms with E-state index < -0.39 is 82.1 Å². The van der Waals surface area contributed by atoms with E-state index in [9.17, 15) is 43.3 Å². The van der Waals surface area contributed by atoms with E-state index in [0.717, 1.165) is 31.3 Å². The summed E-state index contributed by atoms with van der Waals surface area (Å²) in [6, 6.07) is 0. The Balaban J connectivity index is 1.37. The van der Waals surface area contributed by atoms with Gasteiger partial charge in [-0.05, 0) is 104 Å². The molecular formula is C36H58O12S. The van der Waals surface area contributed by atoms with Crippen molar-refractivity contribution < 1.29 is 57.0 Å². The zero-order chi connectivity index (χ0) is 36.3. The molecule has 13 heteroatoms. The largest absolute Gasteiger partial charge is 0.432 e. The minimum Gasteiger partial charge on any atom is -0.432 e. The average molecular weight is 715 g/mol. The third kappa shape index (κ3) is 5.34. The lowest BCUT2D eigenvalue weighted by Crippen LogP contribution is -2.68. The topological polar surface area (TPSA) is 200 Å². The molecule has 0 amide bonds. The molecule has 5 aliphatic carbocycles. The predicted molar refractivity (Wildman–Crippen MR) is 177 cm³/mol. The van der Waals surface area contributed by atoms with Crippen LogP contribution in [0.25, 0.3) is 0 Å². The van der Waals surface area contributed by atoms with E-state index in [4.69, 9.17) is 13.7 Å². The Morgan fingerprint density at radius 3 is 2.22 bits per heavy atom. The van der Waals surface area contributed by atoms with E-state index in [2.05, 4.69) is 40.7 Å². The first-order chi connectivity index (χ1) is 22.5. The van der Waals surface area contributed by atoms with E-state index in [1.165, 1.54) is 0 Å². The summed E-state index contributed by atoms with van der Waals surface area (Å²) in [5.74, 6) is -0.951. The van der Waals surface area contributed by atoms with Crippen molar-refractivity contribution in [2.75, 3.05) is 6.61 Å². The Morgan fingerprint density at radius 2 is 1.59 bits per heavy atom.